The first-order valence-corrected chi connectivity index (χ1v) is 11.5. The Balaban J connectivity index is 1.25. The smallest absolute Gasteiger partial charge is 0.258 e. The molecule has 0 aliphatic carbocycles. The van der Waals surface area contributed by atoms with Gasteiger partial charge in [0.25, 0.3) is 6.43 Å². The fourth-order valence-corrected chi connectivity index (χ4v) is 4.28. The van der Waals surface area contributed by atoms with E-state index in [1.165, 1.54) is 17.4 Å². The maximum absolute atomic E-state index is 13.2. The summed E-state index contributed by atoms with van der Waals surface area (Å²) in [5.74, 6) is 2.13. The highest BCUT2D eigenvalue weighted by Crippen LogP contribution is 2.32. The molecule has 9 nitrogen and oxygen atoms in total. The Morgan fingerprint density at radius 2 is 1.94 bits per heavy atom. The molecule has 6 rings (SSSR count). The number of nitrogens with zero attached hydrogens (tertiary/aromatic N) is 7. The number of alkyl halides is 2. The molecular weight excluding hydrogens is 466 g/mol. The lowest BCUT2D eigenvalue weighted by Gasteiger charge is -2.40. The molecule has 1 fully saturated rings. The molecule has 0 unspecified atom stereocenters. The van der Waals surface area contributed by atoms with Gasteiger partial charge in [-0.3, -0.25) is 0 Å². The van der Waals surface area contributed by atoms with E-state index < -0.39 is 12.5 Å². The SMILES string of the molecule is Cc1cc(Nc2ncnc3cnc(N4CC[C@H]4C(F)F)nc23)ccc1Oc1ccc2c(c1)ncn2C. The van der Waals surface area contributed by atoms with Gasteiger partial charge in [-0.1, -0.05) is 0 Å². The van der Waals surface area contributed by atoms with Crippen molar-refractivity contribution in [1.82, 2.24) is 29.5 Å². The number of fused-ring (bicyclic) bond motifs is 2. The molecule has 1 aliphatic rings. The van der Waals surface area contributed by atoms with Crippen molar-refractivity contribution in [3.8, 4) is 11.5 Å². The van der Waals surface area contributed by atoms with Crippen molar-refractivity contribution >= 4 is 39.5 Å². The molecule has 5 aromatic rings. The van der Waals surface area contributed by atoms with Crippen LogP contribution in [0.15, 0.2) is 55.2 Å². The lowest BCUT2D eigenvalue weighted by molar-refractivity contribution is 0.0867. The zero-order valence-electron chi connectivity index (χ0n) is 19.6. The van der Waals surface area contributed by atoms with Gasteiger partial charge in [0.2, 0.25) is 5.95 Å². The largest absolute Gasteiger partial charge is 0.457 e. The third-order valence-electron chi connectivity index (χ3n) is 6.34. The predicted octanol–water partition coefficient (Wildman–Crippen LogP) is 4.99. The molecule has 1 N–H and O–H groups in total. The Kier molecular flexibility index (Phi) is 5.32. The van der Waals surface area contributed by atoms with E-state index in [2.05, 4.69) is 30.2 Å². The van der Waals surface area contributed by atoms with Crippen molar-refractivity contribution < 1.29 is 13.5 Å². The average molecular weight is 489 g/mol. The van der Waals surface area contributed by atoms with E-state index in [9.17, 15) is 8.78 Å². The van der Waals surface area contributed by atoms with Crippen molar-refractivity contribution in [2.45, 2.75) is 25.8 Å². The summed E-state index contributed by atoms with van der Waals surface area (Å²) in [6.45, 7) is 2.44. The van der Waals surface area contributed by atoms with Crippen LogP contribution in [-0.2, 0) is 7.05 Å². The van der Waals surface area contributed by atoms with E-state index in [0.29, 0.717) is 41.3 Å². The summed E-state index contributed by atoms with van der Waals surface area (Å²) in [6.07, 6.45) is 2.69. The second-order valence-electron chi connectivity index (χ2n) is 8.72. The van der Waals surface area contributed by atoms with Crippen LogP contribution in [0.25, 0.3) is 22.1 Å². The van der Waals surface area contributed by atoms with E-state index in [-0.39, 0.29) is 5.95 Å². The minimum absolute atomic E-state index is 0.252. The van der Waals surface area contributed by atoms with Crippen LogP contribution in [0.5, 0.6) is 11.5 Å². The van der Waals surface area contributed by atoms with Crippen LogP contribution in [0.3, 0.4) is 0 Å². The summed E-state index contributed by atoms with van der Waals surface area (Å²) >= 11 is 0. The fraction of sp³-hybridized carbons (Fsp3) is 0.240. The molecule has 0 amide bonds. The van der Waals surface area contributed by atoms with Crippen LogP contribution in [-0.4, -0.2) is 48.5 Å². The zero-order valence-corrected chi connectivity index (χ0v) is 19.6. The summed E-state index contributed by atoms with van der Waals surface area (Å²) in [6, 6.07) is 10.6. The van der Waals surface area contributed by atoms with Gasteiger partial charge in [0, 0.05) is 25.3 Å². The minimum atomic E-state index is -2.45. The van der Waals surface area contributed by atoms with Gasteiger partial charge in [-0.05, 0) is 49.2 Å². The molecule has 0 saturated carbocycles. The molecule has 1 saturated heterocycles. The monoisotopic (exact) mass is 488 g/mol. The zero-order chi connectivity index (χ0) is 24.8. The molecule has 0 radical (unpaired) electrons. The lowest BCUT2D eigenvalue weighted by atomic mass is 10.1. The molecule has 4 heterocycles. The Morgan fingerprint density at radius 1 is 1.06 bits per heavy atom. The number of rotatable bonds is 6. The molecule has 2 aromatic carbocycles. The number of imidazole rings is 1. The summed E-state index contributed by atoms with van der Waals surface area (Å²) < 4.78 is 34.5. The first-order valence-electron chi connectivity index (χ1n) is 11.5. The average Bonchev–Trinajstić information content (AvgIpc) is 3.20. The normalized spacial score (nSPS) is 15.5. The molecule has 1 aliphatic heterocycles. The van der Waals surface area contributed by atoms with E-state index in [4.69, 9.17) is 4.74 Å². The molecule has 1 atom stereocenters. The Morgan fingerprint density at radius 3 is 2.72 bits per heavy atom. The standard InChI is InChI=1S/C25H22F2N8O/c1-14-9-15(3-6-21(14)36-16-4-5-19-17(10-16)31-13-34(19)2)32-24-22-18(29-12-30-24)11-28-25(33-22)35-8-7-20(35)23(26)27/h3-6,9-13,20,23H,7-8H2,1-2H3,(H,29,30,32)/t20-/m0/s1. The molecular formula is C25H22F2N8O. The number of anilines is 3. The van der Waals surface area contributed by atoms with Crippen molar-refractivity contribution in [2.24, 2.45) is 7.05 Å². The van der Waals surface area contributed by atoms with Gasteiger partial charge in [0.1, 0.15) is 28.9 Å². The summed E-state index contributed by atoms with van der Waals surface area (Å²) in [5.41, 5.74) is 4.56. The first kappa shape index (κ1) is 22.1. The van der Waals surface area contributed by atoms with Gasteiger partial charge in [-0.2, -0.15) is 0 Å². The highest BCUT2D eigenvalue weighted by atomic mass is 19.3. The fourth-order valence-electron chi connectivity index (χ4n) is 4.28. The Labute approximate surface area is 204 Å². The quantitative estimate of drug-likeness (QED) is 0.357. The van der Waals surface area contributed by atoms with Gasteiger partial charge in [0.15, 0.2) is 5.82 Å². The molecule has 36 heavy (non-hydrogen) atoms. The highest BCUT2D eigenvalue weighted by Gasteiger charge is 2.37. The van der Waals surface area contributed by atoms with E-state index >= 15 is 0 Å². The van der Waals surface area contributed by atoms with Crippen LogP contribution >= 0.6 is 0 Å². The molecule has 3 aromatic heterocycles. The predicted molar refractivity (Wildman–Crippen MR) is 132 cm³/mol. The molecule has 0 spiro atoms. The molecule has 182 valence electrons. The van der Waals surface area contributed by atoms with Crippen LogP contribution in [0.1, 0.15) is 12.0 Å². The maximum Gasteiger partial charge on any atom is 0.258 e. The summed E-state index contributed by atoms with van der Waals surface area (Å²) in [4.78, 5) is 23.2. The van der Waals surface area contributed by atoms with Gasteiger partial charge in [-0.25, -0.2) is 33.7 Å². The number of nitrogens with one attached hydrogen (secondary N) is 1. The van der Waals surface area contributed by atoms with E-state index in [1.807, 2.05) is 54.9 Å². The van der Waals surface area contributed by atoms with Crippen molar-refractivity contribution in [2.75, 3.05) is 16.8 Å². The minimum Gasteiger partial charge on any atom is -0.457 e. The highest BCUT2D eigenvalue weighted by molar-refractivity contribution is 5.87. The van der Waals surface area contributed by atoms with Crippen LogP contribution < -0.4 is 15.0 Å². The van der Waals surface area contributed by atoms with E-state index in [1.54, 1.807) is 6.33 Å². The summed E-state index contributed by atoms with van der Waals surface area (Å²) in [7, 11) is 1.95. The van der Waals surface area contributed by atoms with Crippen LogP contribution in [0.4, 0.5) is 26.2 Å². The van der Waals surface area contributed by atoms with Gasteiger partial charge < -0.3 is 19.5 Å². The van der Waals surface area contributed by atoms with E-state index in [0.717, 1.165) is 22.3 Å². The van der Waals surface area contributed by atoms with Crippen molar-refractivity contribution in [3.63, 3.8) is 0 Å². The number of ether oxygens (including phenoxy) is 1. The Bertz CT molecular complexity index is 1590. The lowest BCUT2D eigenvalue weighted by Crippen LogP contribution is -2.52. The van der Waals surface area contributed by atoms with Gasteiger partial charge >= 0.3 is 0 Å². The van der Waals surface area contributed by atoms with Gasteiger partial charge in [0.05, 0.1) is 29.6 Å². The molecule has 11 heteroatoms. The van der Waals surface area contributed by atoms with Crippen molar-refractivity contribution in [1.29, 1.82) is 0 Å². The first-order chi connectivity index (χ1) is 17.5. The van der Waals surface area contributed by atoms with Crippen LogP contribution in [0.2, 0.25) is 0 Å². The van der Waals surface area contributed by atoms with Crippen LogP contribution in [0, 0.1) is 6.92 Å². The topological polar surface area (TPSA) is 93.9 Å². The number of halogens is 2. The third kappa shape index (κ3) is 3.92. The van der Waals surface area contributed by atoms with Gasteiger partial charge in [-0.15, -0.1) is 0 Å². The second-order valence-corrected chi connectivity index (χ2v) is 8.72. The summed E-state index contributed by atoms with van der Waals surface area (Å²) in [5, 5.41) is 3.27. The molecule has 0 bridgehead atoms. The number of hydrogen-bond donors (Lipinski definition) is 1. The maximum atomic E-state index is 13.2. The van der Waals surface area contributed by atoms with Crippen molar-refractivity contribution in [3.05, 3.63) is 60.8 Å². The third-order valence-corrected chi connectivity index (χ3v) is 6.34. The number of benzene rings is 2. The second kappa shape index (κ2) is 8.67. The number of hydrogen-bond acceptors (Lipinski definition) is 8. The number of aromatic nitrogens is 6. The Hall–Kier alpha value is -4.41. The number of aryl methyl sites for hydroxylation is 2.